The number of hydrogen-bond acceptors (Lipinski definition) is 10. The van der Waals surface area contributed by atoms with E-state index < -0.39 is 44.7 Å². The van der Waals surface area contributed by atoms with E-state index in [0.717, 1.165) is 57.8 Å². The SMILES string of the molecule is CCCCCCCCCCCCCCCCCCCC(=O)O[C@H](COC(=O)CCCCCC[C@H]1C(=O)C[C@@H](O)[C@@H]1/C=C/[C@@H](O)CCCCC)COP(=O)(O)OCC[N+](C)(C)C. The minimum Gasteiger partial charge on any atom is -0.462 e. The number of esters is 2. The molecule has 0 amide bonds. The molecule has 6 atom stereocenters. The maximum Gasteiger partial charge on any atom is 0.472 e. The Morgan fingerprint density at radius 1 is 0.721 bits per heavy atom. The third-order valence-electron chi connectivity index (χ3n) is 11.7. The molecular formula is C48H91NO11P+. The standard InChI is InChI=1S/C48H90NO11P/c1-6-8-10-11-12-13-14-15-16-17-18-19-20-21-22-23-29-33-48(54)60-42(40-59-61(55,56)58-37-36-49(3,4)5)39-57-47(53)32-28-25-24-27-31-43-44(46(52)38-45(43)51)35-34-41(50)30-26-9-7-2/h34-35,41-44,46,50,52H,6-33,36-40H2,1-5H3/p+1/b35-34+/t41-,42+,43+,44+,46+/m0/s1. The van der Waals surface area contributed by atoms with Gasteiger partial charge in [-0.05, 0) is 25.7 Å². The molecule has 1 fully saturated rings. The van der Waals surface area contributed by atoms with Crippen molar-refractivity contribution in [2.24, 2.45) is 11.8 Å². The van der Waals surface area contributed by atoms with Gasteiger partial charge in [0.2, 0.25) is 0 Å². The number of unbranched alkanes of at least 4 members (excludes halogenated alkanes) is 21. The number of carbonyl (C=O) groups is 3. The lowest BCUT2D eigenvalue weighted by molar-refractivity contribution is -0.870. The number of nitrogens with zero attached hydrogens (tertiary/aromatic N) is 1. The van der Waals surface area contributed by atoms with Crippen molar-refractivity contribution < 1.29 is 57.1 Å². The molecule has 1 rings (SSSR count). The molecule has 0 aromatic carbocycles. The number of ketones is 1. The van der Waals surface area contributed by atoms with Crippen LogP contribution in [0.3, 0.4) is 0 Å². The first-order valence-electron chi connectivity index (χ1n) is 24.5. The highest BCUT2D eigenvalue weighted by Gasteiger charge is 2.39. The van der Waals surface area contributed by atoms with Gasteiger partial charge < -0.3 is 29.1 Å². The molecule has 13 heteroatoms. The van der Waals surface area contributed by atoms with Crippen molar-refractivity contribution in [3.8, 4) is 0 Å². The zero-order valence-electron chi connectivity index (χ0n) is 39.4. The van der Waals surface area contributed by atoms with E-state index in [1.807, 2.05) is 27.2 Å². The minimum absolute atomic E-state index is 0.00407. The van der Waals surface area contributed by atoms with Gasteiger partial charge in [0.05, 0.1) is 40.0 Å². The Hall–Kier alpha value is -1.66. The summed E-state index contributed by atoms with van der Waals surface area (Å²) < 4.78 is 34.4. The molecule has 0 heterocycles. The van der Waals surface area contributed by atoms with Crippen LogP contribution < -0.4 is 0 Å². The van der Waals surface area contributed by atoms with Gasteiger partial charge >= 0.3 is 19.8 Å². The molecule has 0 spiro atoms. The molecule has 61 heavy (non-hydrogen) atoms. The number of phosphoric ester groups is 1. The smallest absolute Gasteiger partial charge is 0.462 e. The normalized spacial score (nSPS) is 19.0. The Bertz CT molecular complexity index is 1210. The Balaban J connectivity index is 2.41. The molecule has 0 saturated heterocycles. The van der Waals surface area contributed by atoms with Crippen LogP contribution in [-0.4, -0.2) is 103 Å². The number of Topliss-reactive ketones (excluding diaryl/α,β-unsaturated/α-hetero) is 1. The third-order valence-corrected chi connectivity index (χ3v) is 12.7. The number of aliphatic hydroxyl groups excluding tert-OH is 2. The van der Waals surface area contributed by atoms with Gasteiger partial charge in [0.15, 0.2) is 6.10 Å². The summed E-state index contributed by atoms with van der Waals surface area (Å²) in [5.41, 5.74) is 0. The van der Waals surface area contributed by atoms with Crippen LogP contribution in [0.1, 0.15) is 200 Å². The largest absolute Gasteiger partial charge is 0.472 e. The van der Waals surface area contributed by atoms with E-state index in [-0.39, 0.29) is 50.1 Å². The number of aliphatic hydroxyl groups is 2. The highest BCUT2D eigenvalue weighted by molar-refractivity contribution is 7.47. The van der Waals surface area contributed by atoms with Crippen LogP contribution in [0.25, 0.3) is 0 Å². The van der Waals surface area contributed by atoms with Crippen LogP contribution in [0, 0.1) is 11.8 Å². The molecule has 1 aliphatic rings. The molecule has 1 saturated carbocycles. The van der Waals surface area contributed by atoms with Crippen molar-refractivity contribution in [3.05, 3.63) is 12.2 Å². The van der Waals surface area contributed by atoms with Crippen LogP contribution in [0.2, 0.25) is 0 Å². The number of carbonyl (C=O) groups excluding carboxylic acids is 3. The maximum atomic E-state index is 12.8. The second kappa shape index (κ2) is 35.7. The van der Waals surface area contributed by atoms with Crippen molar-refractivity contribution in [1.82, 2.24) is 0 Å². The van der Waals surface area contributed by atoms with Gasteiger partial charge in [-0.2, -0.15) is 0 Å². The number of quaternary nitrogens is 1. The number of phosphoric acid groups is 1. The molecule has 1 aliphatic carbocycles. The molecule has 0 bridgehead atoms. The average Bonchev–Trinajstić information content (AvgIpc) is 3.47. The van der Waals surface area contributed by atoms with Crippen LogP contribution >= 0.6 is 7.82 Å². The molecule has 0 aromatic rings. The fourth-order valence-corrected chi connectivity index (χ4v) is 8.54. The number of hydrogen-bond donors (Lipinski definition) is 3. The van der Waals surface area contributed by atoms with E-state index in [1.165, 1.54) is 83.5 Å². The van der Waals surface area contributed by atoms with E-state index in [1.54, 1.807) is 6.08 Å². The predicted molar refractivity (Wildman–Crippen MR) is 244 cm³/mol. The summed E-state index contributed by atoms with van der Waals surface area (Å²) in [5, 5.41) is 20.8. The first-order chi connectivity index (χ1) is 29.2. The summed E-state index contributed by atoms with van der Waals surface area (Å²) in [7, 11) is 1.36. The molecule has 358 valence electrons. The lowest BCUT2D eigenvalue weighted by atomic mass is 9.88. The molecule has 0 aliphatic heterocycles. The van der Waals surface area contributed by atoms with E-state index >= 15 is 0 Å². The lowest BCUT2D eigenvalue weighted by Gasteiger charge is -2.24. The molecule has 0 radical (unpaired) electrons. The van der Waals surface area contributed by atoms with Crippen LogP contribution in [0.5, 0.6) is 0 Å². The van der Waals surface area contributed by atoms with Crippen molar-refractivity contribution in [2.45, 2.75) is 218 Å². The number of likely N-dealkylation sites (N-methyl/N-ethyl adjacent to an activating group) is 1. The zero-order chi connectivity index (χ0) is 45.2. The van der Waals surface area contributed by atoms with Crippen LogP contribution in [0.4, 0.5) is 0 Å². The molecular weight excluding hydrogens is 797 g/mol. The van der Waals surface area contributed by atoms with Crippen molar-refractivity contribution in [1.29, 1.82) is 0 Å². The summed E-state index contributed by atoms with van der Waals surface area (Å²) in [6, 6.07) is 0. The van der Waals surface area contributed by atoms with Crippen molar-refractivity contribution >= 4 is 25.5 Å². The minimum atomic E-state index is -4.43. The molecule has 0 aromatic heterocycles. The topological polar surface area (TPSA) is 166 Å². The summed E-state index contributed by atoms with van der Waals surface area (Å²) >= 11 is 0. The van der Waals surface area contributed by atoms with Gasteiger partial charge in [-0.1, -0.05) is 167 Å². The Morgan fingerprint density at radius 2 is 1.21 bits per heavy atom. The fraction of sp³-hybridized carbons (Fsp3) is 0.896. The molecule has 3 N–H and O–H groups in total. The fourth-order valence-electron chi connectivity index (χ4n) is 7.79. The quantitative estimate of drug-likeness (QED) is 0.0176. The average molecular weight is 889 g/mol. The summed E-state index contributed by atoms with van der Waals surface area (Å²) in [6.07, 6.45) is 30.1. The zero-order valence-corrected chi connectivity index (χ0v) is 40.3. The number of rotatable bonds is 41. The van der Waals surface area contributed by atoms with Gasteiger partial charge in [-0.3, -0.25) is 23.4 Å². The van der Waals surface area contributed by atoms with Gasteiger partial charge in [0.1, 0.15) is 25.5 Å². The van der Waals surface area contributed by atoms with Crippen LogP contribution in [-0.2, 0) is 37.5 Å². The lowest BCUT2D eigenvalue weighted by Crippen LogP contribution is -2.37. The highest BCUT2D eigenvalue weighted by atomic mass is 31.2. The van der Waals surface area contributed by atoms with E-state index in [9.17, 15) is 34.1 Å². The summed E-state index contributed by atoms with van der Waals surface area (Å²) in [6.45, 7) is 4.08. The second-order valence-electron chi connectivity index (χ2n) is 18.6. The van der Waals surface area contributed by atoms with E-state index in [4.69, 9.17) is 18.5 Å². The van der Waals surface area contributed by atoms with E-state index in [0.29, 0.717) is 36.7 Å². The van der Waals surface area contributed by atoms with Gasteiger partial charge in [-0.25, -0.2) is 4.57 Å². The Kier molecular flexibility index (Phi) is 33.5. The van der Waals surface area contributed by atoms with E-state index in [2.05, 4.69) is 13.8 Å². The van der Waals surface area contributed by atoms with Crippen molar-refractivity contribution in [3.63, 3.8) is 0 Å². The molecule has 1 unspecified atom stereocenters. The first kappa shape index (κ1) is 57.4. The summed E-state index contributed by atoms with van der Waals surface area (Å²) in [5.74, 6) is -1.45. The van der Waals surface area contributed by atoms with Gasteiger partial charge in [0.25, 0.3) is 0 Å². The Morgan fingerprint density at radius 3 is 1.75 bits per heavy atom. The maximum absolute atomic E-state index is 12.8. The van der Waals surface area contributed by atoms with Crippen molar-refractivity contribution in [2.75, 3.05) is 47.5 Å². The van der Waals surface area contributed by atoms with Crippen LogP contribution in [0.15, 0.2) is 12.2 Å². The monoisotopic (exact) mass is 889 g/mol. The molecule has 12 nitrogen and oxygen atoms in total. The number of ether oxygens (including phenoxy) is 2. The van der Waals surface area contributed by atoms with Gasteiger partial charge in [-0.15, -0.1) is 0 Å². The highest BCUT2D eigenvalue weighted by Crippen LogP contribution is 2.43. The second-order valence-corrected chi connectivity index (χ2v) is 20.1. The summed E-state index contributed by atoms with van der Waals surface area (Å²) in [4.78, 5) is 48.3. The van der Waals surface area contributed by atoms with Gasteiger partial charge in [0, 0.05) is 31.1 Å². The predicted octanol–water partition coefficient (Wildman–Crippen LogP) is 10.7. The Labute approximate surface area is 371 Å². The third kappa shape index (κ3) is 32.6. The first-order valence-corrected chi connectivity index (χ1v) is 26.0.